The van der Waals surface area contributed by atoms with Crippen LogP contribution in [0.3, 0.4) is 0 Å². The smallest absolute Gasteiger partial charge is 0.385 e. The molecule has 3 aliphatic rings. The lowest BCUT2D eigenvalue weighted by Crippen LogP contribution is -2.54. The maximum atomic E-state index is 14.4. The van der Waals surface area contributed by atoms with Crippen LogP contribution in [-0.4, -0.2) is 117 Å². The number of carbonyl (C=O) groups is 6. The molecule has 16 nitrogen and oxygen atoms in total. The second-order valence-corrected chi connectivity index (χ2v) is 17.3. The SMILES string of the molecule is Cc1ccc(C(=O)Nc2ccc(CN3CCN(CCCNC(=O)CCCCCNc4ccc5c(c4)C(=O)N(C4CCC(=O)NC4=O)C5=O)CC3)c(C(F)(F)F)c2)cc1C#Cc1cnc2cccnn12. The van der Waals surface area contributed by atoms with E-state index in [4.69, 9.17) is 0 Å². The van der Waals surface area contributed by atoms with Gasteiger partial charge in [-0.3, -0.25) is 43.9 Å². The van der Waals surface area contributed by atoms with Gasteiger partial charge in [-0.2, -0.15) is 18.3 Å². The maximum absolute atomic E-state index is 14.4. The molecule has 5 aromatic rings. The summed E-state index contributed by atoms with van der Waals surface area (Å²) in [6, 6.07) is 16.3. The van der Waals surface area contributed by atoms with Crippen LogP contribution in [0.1, 0.15) is 104 Å². The standard InChI is InChI=1S/C50H51F3N10O6/c1-32-9-10-34(27-33(32)12-15-38-30-56-43-7-5-21-57-63(38)43)46(66)58-37-13-11-35(41(29-37)50(51,52)53)31-61-25-23-60(24-26-61)22-6-20-55-44(64)8-3-2-4-19-54-36-14-16-39-40(28-36)49(69)62(48(39)68)42-17-18-45(65)59-47(42)67/h5,7,9-11,13-14,16,21,27-30,42,54H,2-4,6,8,17-20,22-26,31H2,1H3,(H,55,64)(H,58,66)(H,59,65,67). The summed E-state index contributed by atoms with van der Waals surface area (Å²) in [4.78, 5) is 85.1. The molecule has 0 spiro atoms. The van der Waals surface area contributed by atoms with E-state index >= 15 is 0 Å². The minimum atomic E-state index is -4.64. The fraction of sp³-hybridized carbons (Fsp3) is 0.360. The average Bonchev–Trinajstić information content (AvgIpc) is 3.85. The number of nitrogens with one attached hydrogen (secondary N) is 4. The first-order chi connectivity index (χ1) is 33.2. The van der Waals surface area contributed by atoms with Crippen molar-refractivity contribution in [3.8, 4) is 11.8 Å². The highest BCUT2D eigenvalue weighted by atomic mass is 19.4. The van der Waals surface area contributed by atoms with Gasteiger partial charge < -0.3 is 20.9 Å². The molecule has 6 amide bonds. The van der Waals surface area contributed by atoms with Crippen LogP contribution in [0.15, 0.2) is 79.1 Å². The Bertz CT molecular complexity index is 2860. The van der Waals surface area contributed by atoms with Gasteiger partial charge in [-0.25, -0.2) is 9.50 Å². The number of benzene rings is 3. The maximum Gasteiger partial charge on any atom is 0.416 e. The number of anilines is 2. The van der Waals surface area contributed by atoms with Crippen LogP contribution < -0.4 is 21.3 Å². The lowest BCUT2D eigenvalue weighted by atomic mass is 10.0. The summed E-state index contributed by atoms with van der Waals surface area (Å²) < 4.78 is 44.8. The fourth-order valence-electron chi connectivity index (χ4n) is 8.63. The van der Waals surface area contributed by atoms with Crippen molar-refractivity contribution in [2.24, 2.45) is 0 Å². The number of hydrogen-bond acceptors (Lipinski definition) is 11. The van der Waals surface area contributed by atoms with E-state index in [1.54, 1.807) is 65.4 Å². The summed E-state index contributed by atoms with van der Waals surface area (Å²) in [5, 5.41) is 15.3. The fourth-order valence-corrected chi connectivity index (χ4v) is 8.63. The van der Waals surface area contributed by atoms with E-state index in [0.717, 1.165) is 42.3 Å². The Balaban J connectivity index is 0.716. The number of imide groups is 2. The number of nitrogens with zero attached hydrogens (tertiary/aromatic N) is 6. The van der Waals surface area contributed by atoms with Crippen molar-refractivity contribution >= 4 is 52.5 Å². The second kappa shape index (κ2) is 21.3. The van der Waals surface area contributed by atoms with Crippen LogP contribution in [0, 0.1) is 18.8 Å². The molecule has 2 fully saturated rings. The third-order valence-corrected chi connectivity index (χ3v) is 12.5. The number of imidazole rings is 1. The van der Waals surface area contributed by atoms with Crippen molar-refractivity contribution in [2.75, 3.05) is 56.4 Å². The molecule has 358 valence electrons. The third-order valence-electron chi connectivity index (χ3n) is 12.5. The molecule has 0 saturated carbocycles. The van der Waals surface area contributed by atoms with E-state index < -0.39 is 47.3 Å². The number of alkyl halides is 3. The highest BCUT2D eigenvalue weighted by molar-refractivity contribution is 6.23. The Hall–Kier alpha value is -7.43. The van der Waals surface area contributed by atoms with Gasteiger partial charge in [0, 0.05) is 87.4 Å². The number of unbranched alkanes of at least 4 members (excludes halogenated alkanes) is 2. The van der Waals surface area contributed by atoms with E-state index in [-0.39, 0.29) is 53.2 Å². The van der Waals surface area contributed by atoms with Gasteiger partial charge in [0.25, 0.3) is 17.7 Å². The Morgan fingerprint density at radius 2 is 1.62 bits per heavy atom. The summed E-state index contributed by atoms with van der Waals surface area (Å²) in [5.41, 5.74) is 3.29. The van der Waals surface area contributed by atoms with Gasteiger partial charge in [-0.15, -0.1) is 0 Å². The molecule has 2 saturated heterocycles. The summed E-state index contributed by atoms with van der Waals surface area (Å²) in [6.45, 7) is 6.32. The minimum absolute atomic E-state index is 0.0308. The molecule has 0 radical (unpaired) electrons. The van der Waals surface area contributed by atoms with E-state index in [2.05, 4.69) is 48.1 Å². The normalized spacial score (nSPS) is 16.5. The van der Waals surface area contributed by atoms with Crippen molar-refractivity contribution < 1.29 is 41.9 Å². The highest BCUT2D eigenvalue weighted by Crippen LogP contribution is 2.35. The lowest BCUT2D eigenvalue weighted by Gasteiger charge is -2.35. The molecule has 5 heterocycles. The zero-order chi connectivity index (χ0) is 48.7. The summed E-state index contributed by atoms with van der Waals surface area (Å²) >= 11 is 0. The Labute approximate surface area is 396 Å². The molecule has 8 rings (SSSR count). The molecule has 0 aliphatic carbocycles. The molecular formula is C50H51F3N10O6. The quantitative estimate of drug-likeness (QED) is 0.0563. The molecule has 0 bridgehead atoms. The summed E-state index contributed by atoms with van der Waals surface area (Å²) in [5.74, 6) is 3.29. The predicted octanol–water partition coefficient (Wildman–Crippen LogP) is 5.41. The van der Waals surface area contributed by atoms with Crippen molar-refractivity contribution in [2.45, 2.75) is 70.6 Å². The molecule has 1 unspecified atom stereocenters. The summed E-state index contributed by atoms with van der Waals surface area (Å²) in [7, 11) is 0. The minimum Gasteiger partial charge on any atom is -0.385 e. The molecule has 69 heavy (non-hydrogen) atoms. The molecule has 3 aromatic carbocycles. The van der Waals surface area contributed by atoms with Gasteiger partial charge in [-0.05, 0) is 111 Å². The number of halogens is 3. The number of aromatic nitrogens is 3. The van der Waals surface area contributed by atoms with Crippen LogP contribution in [0.25, 0.3) is 5.65 Å². The largest absolute Gasteiger partial charge is 0.416 e. The number of amides is 6. The number of fused-ring (bicyclic) bond motifs is 2. The number of piperazine rings is 1. The number of carbonyl (C=O) groups excluding carboxylic acids is 6. The lowest BCUT2D eigenvalue weighted by molar-refractivity contribution is -0.138. The van der Waals surface area contributed by atoms with Crippen LogP contribution in [0.2, 0.25) is 0 Å². The molecular weight excluding hydrogens is 894 g/mol. The van der Waals surface area contributed by atoms with Gasteiger partial charge in [0.15, 0.2) is 5.65 Å². The zero-order valence-corrected chi connectivity index (χ0v) is 38.0. The first kappa shape index (κ1) is 48.0. The number of aryl methyl sites for hydroxylation is 1. The van der Waals surface area contributed by atoms with Crippen molar-refractivity contribution in [1.82, 2.24) is 39.9 Å². The van der Waals surface area contributed by atoms with Crippen LogP contribution in [-0.2, 0) is 27.1 Å². The van der Waals surface area contributed by atoms with E-state index in [9.17, 15) is 41.9 Å². The third kappa shape index (κ3) is 11.6. The number of piperidine rings is 1. The highest BCUT2D eigenvalue weighted by Gasteiger charge is 2.44. The molecule has 3 aliphatic heterocycles. The van der Waals surface area contributed by atoms with Crippen LogP contribution in [0.4, 0.5) is 24.5 Å². The summed E-state index contributed by atoms with van der Waals surface area (Å²) in [6.07, 6.45) is 2.10. The van der Waals surface area contributed by atoms with Crippen LogP contribution >= 0.6 is 0 Å². The van der Waals surface area contributed by atoms with E-state index in [1.165, 1.54) is 12.1 Å². The Kier molecular flexibility index (Phi) is 14.8. The van der Waals surface area contributed by atoms with E-state index in [0.29, 0.717) is 74.7 Å². The predicted molar refractivity (Wildman–Crippen MR) is 249 cm³/mol. The number of rotatable bonds is 16. The molecule has 19 heteroatoms. The molecule has 1 atom stereocenters. The van der Waals surface area contributed by atoms with Gasteiger partial charge >= 0.3 is 6.18 Å². The van der Waals surface area contributed by atoms with Crippen molar-refractivity contribution in [1.29, 1.82) is 0 Å². The van der Waals surface area contributed by atoms with Crippen molar-refractivity contribution in [3.63, 3.8) is 0 Å². The van der Waals surface area contributed by atoms with Gasteiger partial charge in [0.2, 0.25) is 17.7 Å². The topological polar surface area (TPSA) is 190 Å². The Morgan fingerprint density at radius 3 is 2.42 bits per heavy atom. The van der Waals surface area contributed by atoms with Gasteiger partial charge in [0.05, 0.1) is 22.9 Å². The zero-order valence-electron chi connectivity index (χ0n) is 38.0. The monoisotopic (exact) mass is 944 g/mol. The first-order valence-corrected chi connectivity index (χ1v) is 23.0. The number of hydrogen-bond donors (Lipinski definition) is 4. The van der Waals surface area contributed by atoms with Gasteiger partial charge in [0.1, 0.15) is 11.7 Å². The Morgan fingerprint density at radius 1 is 0.841 bits per heavy atom. The van der Waals surface area contributed by atoms with Crippen molar-refractivity contribution in [3.05, 3.63) is 124 Å². The second-order valence-electron chi connectivity index (χ2n) is 17.3. The van der Waals surface area contributed by atoms with Gasteiger partial charge in [-0.1, -0.05) is 24.5 Å². The molecule has 2 aromatic heterocycles. The first-order valence-electron chi connectivity index (χ1n) is 23.0. The van der Waals surface area contributed by atoms with Crippen LogP contribution in [0.5, 0.6) is 0 Å². The average molecular weight is 945 g/mol. The van der Waals surface area contributed by atoms with E-state index in [1.807, 2.05) is 11.8 Å². The molecule has 4 N–H and O–H groups in total.